The van der Waals surface area contributed by atoms with Crippen molar-refractivity contribution in [1.82, 2.24) is 4.90 Å². The van der Waals surface area contributed by atoms with Gasteiger partial charge in [0, 0.05) is 25.2 Å². The van der Waals surface area contributed by atoms with Crippen LogP contribution in [0.5, 0.6) is 0 Å². The molecule has 3 rings (SSSR count). The molecule has 2 N–H and O–H groups in total. The molecule has 21 heavy (non-hydrogen) atoms. The second kappa shape index (κ2) is 5.33. The molecule has 1 fully saturated rings. The zero-order valence-electron chi connectivity index (χ0n) is 11.9. The molecule has 6 heteroatoms. The van der Waals surface area contributed by atoms with Crippen LogP contribution in [-0.4, -0.2) is 37.3 Å². The standard InChI is InChI=1S/C15H20N2O3S/c16-14-3-1-2-12-9-17(6-4-13(12)14)15(18)8-11-5-7-21(19,20)10-11/h1-3,11H,4-10,16H2. The van der Waals surface area contributed by atoms with E-state index in [2.05, 4.69) is 0 Å². The first-order valence-electron chi connectivity index (χ1n) is 7.29. The molecule has 1 atom stereocenters. The number of sulfone groups is 1. The third-order valence-corrected chi connectivity index (χ3v) is 6.28. The van der Waals surface area contributed by atoms with E-state index < -0.39 is 9.84 Å². The predicted octanol–water partition coefficient (Wildman–Crippen LogP) is 0.978. The average molecular weight is 308 g/mol. The van der Waals surface area contributed by atoms with Gasteiger partial charge in [-0.15, -0.1) is 0 Å². The molecule has 0 aliphatic carbocycles. The summed E-state index contributed by atoms with van der Waals surface area (Å²) >= 11 is 0. The summed E-state index contributed by atoms with van der Waals surface area (Å²) in [5, 5.41) is 0. The normalized spacial score (nSPS) is 23.8. The van der Waals surface area contributed by atoms with Crippen LogP contribution < -0.4 is 5.73 Å². The Bertz CT molecular complexity index is 669. The van der Waals surface area contributed by atoms with Crippen molar-refractivity contribution in [2.75, 3.05) is 23.8 Å². The number of nitrogens with two attached hydrogens (primary N) is 1. The fourth-order valence-electron chi connectivity index (χ4n) is 3.26. The molecule has 2 heterocycles. The molecule has 2 aliphatic rings. The van der Waals surface area contributed by atoms with E-state index in [0.717, 1.165) is 23.2 Å². The number of benzene rings is 1. The third-order valence-electron chi connectivity index (χ3n) is 4.44. The number of carbonyl (C=O) groups excluding carboxylic acids is 1. The zero-order chi connectivity index (χ0) is 15.0. The number of nitrogens with zero attached hydrogens (tertiary/aromatic N) is 1. The number of carbonyl (C=O) groups is 1. The van der Waals surface area contributed by atoms with Crippen LogP contribution in [0.15, 0.2) is 18.2 Å². The lowest BCUT2D eigenvalue weighted by Crippen LogP contribution is -2.37. The van der Waals surface area contributed by atoms with Gasteiger partial charge < -0.3 is 10.6 Å². The minimum Gasteiger partial charge on any atom is -0.398 e. The molecule has 1 aromatic rings. The van der Waals surface area contributed by atoms with E-state index in [-0.39, 0.29) is 23.3 Å². The number of amides is 1. The molecule has 1 amide bonds. The summed E-state index contributed by atoms with van der Waals surface area (Å²) in [7, 11) is -2.91. The van der Waals surface area contributed by atoms with E-state index in [1.165, 1.54) is 0 Å². The maximum Gasteiger partial charge on any atom is 0.223 e. The van der Waals surface area contributed by atoms with E-state index in [9.17, 15) is 13.2 Å². The molecular formula is C15H20N2O3S. The maximum absolute atomic E-state index is 12.4. The lowest BCUT2D eigenvalue weighted by atomic mass is 9.97. The van der Waals surface area contributed by atoms with Crippen molar-refractivity contribution in [1.29, 1.82) is 0 Å². The largest absolute Gasteiger partial charge is 0.398 e. The number of hydrogen-bond donors (Lipinski definition) is 1. The third kappa shape index (κ3) is 3.05. The lowest BCUT2D eigenvalue weighted by Gasteiger charge is -2.30. The Morgan fingerprint density at radius 3 is 2.90 bits per heavy atom. The van der Waals surface area contributed by atoms with E-state index in [0.29, 0.717) is 25.9 Å². The molecule has 1 aromatic carbocycles. The van der Waals surface area contributed by atoms with Crippen molar-refractivity contribution in [3.05, 3.63) is 29.3 Å². The van der Waals surface area contributed by atoms with Crippen LogP contribution >= 0.6 is 0 Å². The number of fused-ring (bicyclic) bond motifs is 1. The number of hydrogen-bond acceptors (Lipinski definition) is 4. The summed E-state index contributed by atoms with van der Waals surface area (Å²) in [5.41, 5.74) is 9.00. The number of anilines is 1. The van der Waals surface area contributed by atoms with Crippen molar-refractivity contribution >= 4 is 21.4 Å². The Labute approximate surface area is 125 Å². The van der Waals surface area contributed by atoms with Gasteiger partial charge in [-0.3, -0.25) is 4.79 Å². The van der Waals surface area contributed by atoms with Crippen LogP contribution in [0.25, 0.3) is 0 Å². The first-order chi connectivity index (χ1) is 9.94. The van der Waals surface area contributed by atoms with Crippen molar-refractivity contribution in [2.45, 2.75) is 25.8 Å². The topological polar surface area (TPSA) is 80.5 Å². The van der Waals surface area contributed by atoms with E-state index in [1.54, 1.807) is 0 Å². The zero-order valence-corrected chi connectivity index (χ0v) is 12.7. The average Bonchev–Trinajstić information content (AvgIpc) is 2.78. The van der Waals surface area contributed by atoms with Gasteiger partial charge in [-0.2, -0.15) is 0 Å². The van der Waals surface area contributed by atoms with Crippen LogP contribution in [0.3, 0.4) is 0 Å². The molecule has 0 saturated carbocycles. The SMILES string of the molecule is Nc1cccc2c1CCN(C(=O)CC1CCS(=O)(=O)C1)C2. The van der Waals surface area contributed by atoms with E-state index >= 15 is 0 Å². The summed E-state index contributed by atoms with van der Waals surface area (Å²) < 4.78 is 22.9. The van der Waals surface area contributed by atoms with Gasteiger partial charge in [0.1, 0.15) is 0 Å². The van der Waals surface area contributed by atoms with Gasteiger partial charge in [-0.05, 0) is 36.0 Å². The highest BCUT2D eigenvalue weighted by Gasteiger charge is 2.31. The van der Waals surface area contributed by atoms with Crippen molar-refractivity contribution in [3.8, 4) is 0 Å². The Morgan fingerprint density at radius 2 is 2.19 bits per heavy atom. The van der Waals surface area contributed by atoms with Crippen molar-refractivity contribution in [3.63, 3.8) is 0 Å². The van der Waals surface area contributed by atoms with Gasteiger partial charge in [0.25, 0.3) is 0 Å². The van der Waals surface area contributed by atoms with E-state index in [4.69, 9.17) is 5.73 Å². The smallest absolute Gasteiger partial charge is 0.223 e. The molecule has 1 saturated heterocycles. The molecule has 0 spiro atoms. The summed E-state index contributed by atoms with van der Waals surface area (Å²) in [6.45, 7) is 1.25. The second-order valence-corrected chi connectivity index (χ2v) is 8.25. The minimum absolute atomic E-state index is 0.00950. The highest BCUT2D eigenvalue weighted by atomic mass is 32.2. The van der Waals surface area contributed by atoms with Crippen LogP contribution in [0, 0.1) is 5.92 Å². The van der Waals surface area contributed by atoms with Crippen LogP contribution in [0.4, 0.5) is 5.69 Å². The fraction of sp³-hybridized carbons (Fsp3) is 0.533. The summed E-state index contributed by atoms with van der Waals surface area (Å²) in [4.78, 5) is 14.2. The molecular weight excluding hydrogens is 288 g/mol. The highest BCUT2D eigenvalue weighted by Crippen LogP contribution is 2.27. The van der Waals surface area contributed by atoms with Gasteiger partial charge in [0.2, 0.25) is 5.91 Å². The lowest BCUT2D eigenvalue weighted by molar-refractivity contribution is -0.132. The highest BCUT2D eigenvalue weighted by molar-refractivity contribution is 7.91. The predicted molar refractivity (Wildman–Crippen MR) is 81.4 cm³/mol. The Kier molecular flexibility index (Phi) is 3.65. The van der Waals surface area contributed by atoms with Crippen LogP contribution in [0.1, 0.15) is 24.0 Å². The number of nitrogen functional groups attached to an aromatic ring is 1. The van der Waals surface area contributed by atoms with Gasteiger partial charge >= 0.3 is 0 Å². The van der Waals surface area contributed by atoms with Crippen LogP contribution in [0.2, 0.25) is 0 Å². The Balaban J connectivity index is 1.65. The molecule has 0 aromatic heterocycles. The monoisotopic (exact) mass is 308 g/mol. The van der Waals surface area contributed by atoms with Gasteiger partial charge in [0.15, 0.2) is 9.84 Å². The van der Waals surface area contributed by atoms with Crippen molar-refractivity contribution < 1.29 is 13.2 Å². The molecule has 0 radical (unpaired) electrons. The summed E-state index contributed by atoms with van der Waals surface area (Å²) in [6.07, 6.45) is 1.74. The van der Waals surface area contributed by atoms with Crippen molar-refractivity contribution in [2.24, 2.45) is 5.92 Å². The summed E-state index contributed by atoms with van der Waals surface area (Å²) in [5.74, 6) is 0.440. The van der Waals surface area contributed by atoms with Gasteiger partial charge in [0.05, 0.1) is 11.5 Å². The second-order valence-electron chi connectivity index (χ2n) is 6.02. The summed E-state index contributed by atoms with van der Waals surface area (Å²) in [6, 6.07) is 5.80. The Hall–Kier alpha value is -1.56. The quantitative estimate of drug-likeness (QED) is 0.826. The first-order valence-corrected chi connectivity index (χ1v) is 9.11. The van der Waals surface area contributed by atoms with E-state index in [1.807, 2.05) is 23.1 Å². The van der Waals surface area contributed by atoms with Gasteiger partial charge in [-0.25, -0.2) is 8.42 Å². The van der Waals surface area contributed by atoms with Crippen LogP contribution in [-0.2, 0) is 27.6 Å². The molecule has 2 aliphatic heterocycles. The Morgan fingerprint density at radius 1 is 1.38 bits per heavy atom. The molecule has 114 valence electrons. The molecule has 0 bridgehead atoms. The van der Waals surface area contributed by atoms with Gasteiger partial charge in [-0.1, -0.05) is 12.1 Å². The first kappa shape index (κ1) is 14.4. The minimum atomic E-state index is -2.91. The molecule has 1 unspecified atom stereocenters. The fourth-order valence-corrected chi connectivity index (χ4v) is 5.12. The maximum atomic E-state index is 12.4. The molecule has 5 nitrogen and oxygen atoms in total. The number of rotatable bonds is 2.